The van der Waals surface area contributed by atoms with E-state index in [1.54, 1.807) is 17.1 Å². The summed E-state index contributed by atoms with van der Waals surface area (Å²) >= 11 is 0. The molecule has 15 heavy (non-hydrogen) atoms. The summed E-state index contributed by atoms with van der Waals surface area (Å²) in [6.07, 6.45) is -0.988. The maximum absolute atomic E-state index is 11.7. The largest absolute Gasteiger partial charge is 0.413 e. The number of alkyl halides is 3. The second-order valence-electron chi connectivity index (χ2n) is 2.93. The van der Waals surface area contributed by atoms with Crippen molar-refractivity contribution in [1.82, 2.24) is 15.3 Å². The zero-order valence-electron chi connectivity index (χ0n) is 8.21. The molecule has 0 bridgehead atoms. The molecular weight excluding hydrogens is 211 g/mol. The normalized spacial score (nSPS) is 12.0. The van der Waals surface area contributed by atoms with Gasteiger partial charge in [-0.25, -0.2) is 0 Å². The molecule has 86 valence electrons. The van der Waals surface area contributed by atoms with Crippen molar-refractivity contribution in [2.75, 3.05) is 6.61 Å². The fourth-order valence-corrected chi connectivity index (χ4v) is 0.938. The molecule has 1 aromatic heterocycles. The summed E-state index contributed by atoms with van der Waals surface area (Å²) in [6, 6.07) is 0. The second kappa shape index (κ2) is 5.13. The van der Waals surface area contributed by atoms with Gasteiger partial charge in [0.2, 0.25) is 0 Å². The molecule has 1 N–H and O–H groups in total. The van der Waals surface area contributed by atoms with Crippen molar-refractivity contribution in [3.8, 4) is 0 Å². The number of hydrogen-bond donors (Lipinski definition) is 1. The first kappa shape index (κ1) is 12.0. The summed E-state index contributed by atoms with van der Waals surface area (Å²) in [5, 5.41) is 3.96. The number of hydrogen-bond acceptors (Lipinski definition) is 3. The van der Waals surface area contributed by atoms with Gasteiger partial charge in [0.15, 0.2) is 6.61 Å². The third-order valence-electron chi connectivity index (χ3n) is 1.62. The molecule has 1 heterocycles. The summed E-state index contributed by atoms with van der Waals surface area (Å²) < 4.78 is 36.7. The van der Waals surface area contributed by atoms with Crippen molar-refractivity contribution >= 4 is 0 Å². The lowest BCUT2D eigenvalue weighted by atomic mass is 10.4. The topological polar surface area (TPSA) is 39.1 Å². The third-order valence-corrected chi connectivity index (χ3v) is 1.62. The predicted octanol–water partition coefficient (Wildman–Crippen LogP) is 1.49. The Morgan fingerprint density at radius 1 is 1.53 bits per heavy atom. The molecule has 0 aliphatic heterocycles. The number of rotatable bonds is 5. The van der Waals surface area contributed by atoms with Crippen LogP contribution in [0.4, 0.5) is 13.2 Å². The highest BCUT2D eigenvalue weighted by Crippen LogP contribution is 2.13. The Labute approximate surface area is 85.0 Å². The van der Waals surface area contributed by atoms with E-state index in [9.17, 15) is 13.2 Å². The van der Waals surface area contributed by atoms with Gasteiger partial charge in [-0.05, 0) is 6.92 Å². The molecule has 0 atom stereocenters. The minimum Gasteiger partial charge on any atom is -0.292 e. The third kappa shape index (κ3) is 4.80. The van der Waals surface area contributed by atoms with Crippen molar-refractivity contribution in [1.29, 1.82) is 0 Å². The Kier molecular flexibility index (Phi) is 4.10. The van der Waals surface area contributed by atoms with E-state index in [1.165, 1.54) is 0 Å². The molecule has 0 fully saturated rings. The van der Waals surface area contributed by atoms with Crippen LogP contribution in [0.3, 0.4) is 0 Å². The zero-order chi connectivity index (χ0) is 11.3. The molecule has 4 nitrogen and oxygen atoms in total. The number of nitrogens with one attached hydrogen (secondary N) is 1. The van der Waals surface area contributed by atoms with Crippen molar-refractivity contribution in [2.45, 2.75) is 26.2 Å². The van der Waals surface area contributed by atoms with Crippen molar-refractivity contribution < 1.29 is 18.0 Å². The van der Waals surface area contributed by atoms with Crippen molar-refractivity contribution in [3.63, 3.8) is 0 Å². The maximum Gasteiger partial charge on any atom is 0.413 e. The highest BCUT2D eigenvalue weighted by atomic mass is 19.4. The van der Waals surface area contributed by atoms with E-state index in [4.69, 9.17) is 0 Å². The number of aryl methyl sites for hydroxylation is 1. The quantitative estimate of drug-likeness (QED) is 0.607. The first-order chi connectivity index (χ1) is 7.01. The van der Waals surface area contributed by atoms with Gasteiger partial charge in [-0.3, -0.25) is 9.52 Å². The Morgan fingerprint density at radius 3 is 2.80 bits per heavy atom. The molecule has 0 unspecified atom stereocenters. The molecule has 0 radical (unpaired) electrons. The van der Waals surface area contributed by atoms with Gasteiger partial charge < -0.3 is 0 Å². The van der Waals surface area contributed by atoms with Gasteiger partial charge >= 0.3 is 6.18 Å². The predicted molar refractivity (Wildman–Crippen MR) is 46.7 cm³/mol. The van der Waals surface area contributed by atoms with Crippen LogP contribution in [0.2, 0.25) is 0 Å². The monoisotopic (exact) mass is 223 g/mol. The molecule has 0 aliphatic rings. The minimum atomic E-state index is -4.30. The highest BCUT2D eigenvalue weighted by molar-refractivity contribution is 5.02. The fraction of sp³-hybridized carbons (Fsp3) is 0.625. The van der Waals surface area contributed by atoms with E-state index < -0.39 is 12.8 Å². The Hall–Kier alpha value is -1.08. The molecule has 0 aromatic carbocycles. The van der Waals surface area contributed by atoms with E-state index in [0.717, 1.165) is 12.1 Å². The van der Waals surface area contributed by atoms with E-state index >= 15 is 0 Å². The molecule has 0 amide bonds. The zero-order valence-corrected chi connectivity index (χ0v) is 8.21. The van der Waals surface area contributed by atoms with Crippen molar-refractivity contribution in [2.24, 2.45) is 0 Å². The Morgan fingerprint density at radius 2 is 2.27 bits per heavy atom. The average Bonchev–Trinajstić information content (AvgIpc) is 2.59. The van der Waals surface area contributed by atoms with Crippen LogP contribution < -0.4 is 5.48 Å². The van der Waals surface area contributed by atoms with Crippen LogP contribution in [-0.2, 0) is 17.9 Å². The van der Waals surface area contributed by atoms with Crippen LogP contribution >= 0.6 is 0 Å². The lowest BCUT2D eigenvalue weighted by Crippen LogP contribution is -2.24. The molecule has 7 heteroatoms. The summed E-state index contributed by atoms with van der Waals surface area (Å²) in [5.74, 6) is 0. The van der Waals surface area contributed by atoms with E-state index in [0.29, 0.717) is 0 Å². The van der Waals surface area contributed by atoms with E-state index in [1.807, 2.05) is 6.92 Å². The lowest BCUT2D eigenvalue weighted by Gasteiger charge is -2.07. The molecule has 0 spiro atoms. The average molecular weight is 223 g/mol. The molecule has 1 rings (SSSR count). The van der Waals surface area contributed by atoms with Crippen LogP contribution in [0.15, 0.2) is 12.4 Å². The first-order valence-electron chi connectivity index (χ1n) is 4.44. The minimum absolute atomic E-state index is 0.204. The van der Waals surface area contributed by atoms with Crippen LogP contribution in [0.25, 0.3) is 0 Å². The molecular formula is C8H12F3N3O. The van der Waals surface area contributed by atoms with Gasteiger partial charge in [-0.1, -0.05) is 0 Å². The second-order valence-corrected chi connectivity index (χ2v) is 2.93. The van der Waals surface area contributed by atoms with Crippen LogP contribution in [0, 0.1) is 0 Å². The van der Waals surface area contributed by atoms with Gasteiger partial charge in [0, 0.05) is 24.8 Å². The fourth-order valence-electron chi connectivity index (χ4n) is 0.938. The van der Waals surface area contributed by atoms with E-state index in [2.05, 4.69) is 15.4 Å². The standard InChI is InChI=1S/C8H12F3N3O/c1-2-14-5-7(3-12-14)4-13-15-6-8(9,10)11/h3,5,13H,2,4,6H2,1H3. The summed E-state index contributed by atoms with van der Waals surface area (Å²) in [5.41, 5.74) is 3.00. The Balaban J connectivity index is 2.20. The summed E-state index contributed by atoms with van der Waals surface area (Å²) in [7, 11) is 0. The van der Waals surface area contributed by atoms with Crippen LogP contribution in [0.5, 0.6) is 0 Å². The molecule has 0 saturated heterocycles. The maximum atomic E-state index is 11.7. The first-order valence-corrected chi connectivity index (χ1v) is 4.44. The highest BCUT2D eigenvalue weighted by Gasteiger charge is 2.27. The van der Waals surface area contributed by atoms with Gasteiger partial charge in [0.05, 0.1) is 6.20 Å². The number of aromatic nitrogens is 2. The van der Waals surface area contributed by atoms with Gasteiger partial charge in [0.25, 0.3) is 0 Å². The van der Waals surface area contributed by atoms with Gasteiger partial charge in [-0.2, -0.15) is 23.8 Å². The molecule has 0 saturated carbocycles. The SMILES string of the molecule is CCn1cc(CNOCC(F)(F)F)cn1. The summed E-state index contributed by atoms with van der Waals surface area (Å²) in [6.45, 7) is 1.55. The van der Waals surface area contributed by atoms with Crippen molar-refractivity contribution in [3.05, 3.63) is 18.0 Å². The lowest BCUT2D eigenvalue weighted by molar-refractivity contribution is -0.190. The van der Waals surface area contributed by atoms with Crippen LogP contribution in [0.1, 0.15) is 12.5 Å². The smallest absolute Gasteiger partial charge is 0.292 e. The molecule has 0 aliphatic carbocycles. The van der Waals surface area contributed by atoms with Gasteiger partial charge in [0.1, 0.15) is 0 Å². The molecule has 1 aromatic rings. The summed E-state index contributed by atoms with van der Waals surface area (Å²) in [4.78, 5) is 4.23. The number of halogens is 3. The van der Waals surface area contributed by atoms with E-state index in [-0.39, 0.29) is 6.54 Å². The number of hydroxylamine groups is 1. The Bertz CT molecular complexity index is 298. The van der Waals surface area contributed by atoms with Gasteiger partial charge in [-0.15, -0.1) is 0 Å². The van der Waals surface area contributed by atoms with Crippen LogP contribution in [-0.4, -0.2) is 22.6 Å². The number of nitrogens with zero attached hydrogens (tertiary/aromatic N) is 2.